The van der Waals surface area contributed by atoms with Crippen LogP contribution in [0.3, 0.4) is 0 Å². The number of aryl methyl sites for hydroxylation is 1. The van der Waals surface area contributed by atoms with Crippen LogP contribution in [-0.4, -0.2) is 43.5 Å². The Morgan fingerprint density at radius 1 is 1.15 bits per heavy atom. The third-order valence-electron chi connectivity index (χ3n) is 6.06. The van der Waals surface area contributed by atoms with Crippen molar-refractivity contribution in [3.63, 3.8) is 0 Å². The number of carbonyl (C=O) groups is 1. The maximum absolute atomic E-state index is 13.7. The number of rotatable bonds is 7. The van der Waals surface area contributed by atoms with Crippen LogP contribution < -0.4 is 10.2 Å². The molecule has 0 fully saturated rings. The molecule has 0 radical (unpaired) electrons. The lowest BCUT2D eigenvalue weighted by atomic mass is 9.86. The molecular weight excluding hydrogens is 460 g/mol. The second-order valence-corrected chi connectivity index (χ2v) is 10.8. The highest BCUT2D eigenvalue weighted by Crippen LogP contribution is 2.39. The summed E-state index contributed by atoms with van der Waals surface area (Å²) in [5.41, 5.74) is 3.80. The van der Waals surface area contributed by atoms with Gasteiger partial charge in [0.25, 0.3) is 5.91 Å². The summed E-state index contributed by atoms with van der Waals surface area (Å²) in [5, 5.41) is 11.5. The predicted octanol–water partition coefficient (Wildman–Crippen LogP) is 3.59. The zero-order valence-electron chi connectivity index (χ0n) is 18.2. The van der Waals surface area contributed by atoms with E-state index in [0.29, 0.717) is 25.0 Å². The standard InChI is InChI=1S/C24H26N2O5S2/c1-31-18-8-10-19(11-9-18)33(29,30)26-15-13-22-20(14-16-32-22)21(23(26)24(27)25-28)12-7-17-5-3-2-4-6-17/h2-6,8-11,14,16,21,23,28H,7,12-13,15H2,1H3,(H,25,27). The summed E-state index contributed by atoms with van der Waals surface area (Å²) in [6, 6.07) is 16.9. The van der Waals surface area contributed by atoms with Gasteiger partial charge >= 0.3 is 0 Å². The number of fused-ring (bicyclic) bond motifs is 1. The van der Waals surface area contributed by atoms with E-state index in [1.165, 1.54) is 23.5 Å². The Kier molecular flexibility index (Phi) is 7.14. The number of nitrogens with one attached hydrogen (secondary N) is 1. The lowest BCUT2D eigenvalue weighted by Gasteiger charge is -2.33. The van der Waals surface area contributed by atoms with Crippen LogP contribution >= 0.6 is 11.3 Å². The number of ether oxygens (including phenoxy) is 1. The quantitative estimate of drug-likeness (QED) is 0.393. The monoisotopic (exact) mass is 486 g/mol. The van der Waals surface area contributed by atoms with Crippen LogP contribution in [0, 0.1) is 0 Å². The van der Waals surface area contributed by atoms with Gasteiger partial charge < -0.3 is 4.74 Å². The Hall–Kier alpha value is -2.72. The molecule has 0 bridgehead atoms. The first kappa shape index (κ1) is 23.4. The van der Waals surface area contributed by atoms with Gasteiger partial charge in [-0.05, 0) is 66.1 Å². The van der Waals surface area contributed by atoms with Crippen molar-refractivity contribution in [2.75, 3.05) is 13.7 Å². The summed E-state index contributed by atoms with van der Waals surface area (Å²) in [5.74, 6) is -0.601. The van der Waals surface area contributed by atoms with Crippen LogP contribution in [0.4, 0.5) is 0 Å². The van der Waals surface area contributed by atoms with Crippen molar-refractivity contribution in [1.82, 2.24) is 9.79 Å². The maximum Gasteiger partial charge on any atom is 0.262 e. The minimum atomic E-state index is -4.02. The summed E-state index contributed by atoms with van der Waals surface area (Å²) in [6.45, 7) is 0.141. The topological polar surface area (TPSA) is 95.9 Å². The number of nitrogens with zero attached hydrogens (tertiary/aromatic N) is 1. The highest BCUT2D eigenvalue weighted by molar-refractivity contribution is 7.89. The minimum absolute atomic E-state index is 0.0751. The number of methoxy groups -OCH3 is 1. The average Bonchev–Trinajstić information content (AvgIpc) is 3.25. The first-order valence-electron chi connectivity index (χ1n) is 10.7. The van der Waals surface area contributed by atoms with Crippen LogP contribution in [0.25, 0.3) is 0 Å². The predicted molar refractivity (Wildman–Crippen MR) is 126 cm³/mol. The molecule has 3 aromatic rings. The molecule has 9 heteroatoms. The molecule has 2 aromatic carbocycles. The van der Waals surface area contributed by atoms with Crippen LogP contribution in [0.15, 0.2) is 70.9 Å². The third kappa shape index (κ3) is 4.81. The fourth-order valence-electron chi connectivity index (χ4n) is 4.42. The molecule has 4 rings (SSSR count). The summed E-state index contributed by atoms with van der Waals surface area (Å²) in [4.78, 5) is 14.1. The molecule has 7 nitrogen and oxygen atoms in total. The van der Waals surface area contributed by atoms with Crippen molar-refractivity contribution < 1.29 is 23.2 Å². The second kappa shape index (κ2) is 10.0. The SMILES string of the molecule is COc1ccc(S(=O)(=O)N2CCc3sccc3C(CCc3ccccc3)C2C(=O)NO)cc1. The van der Waals surface area contributed by atoms with E-state index in [1.54, 1.807) is 28.9 Å². The van der Waals surface area contributed by atoms with E-state index >= 15 is 0 Å². The molecule has 1 aliphatic heterocycles. The lowest BCUT2D eigenvalue weighted by molar-refractivity contribution is -0.134. The molecular formula is C24H26N2O5S2. The molecule has 0 saturated carbocycles. The molecule has 2 N–H and O–H groups in total. The van der Waals surface area contributed by atoms with Crippen LogP contribution in [0.1, 0.15) is 28.3 Å². The Bertz CT molecular complexity index is 1190. The van der Waals surface area contributed by atoms with Gasteiger partial charge in [0.15, 0.2) is 0 Å². The maximum atomic E-state index is 13.7. The molecule has 2 unspecified atom stereocenters. The first-order valence-corrected chi connectivity index (χ1v) is 13.0. The summed E-state index contributed by atoms with van der Waals surface area (Å²) in [6.07, 6.45) is 1.73. The first-order chi connectivity index (χ1) is 16.0. The molecule has 2 heterocycles. The highest BCUT2D eigenvalue weighted by atomic mass is 32.2. The van der Waals surface area contributed by atoms with E-state index in [-0.39, 0.29) is 11.4 Å². The zero-order valence-corrected chi connectivity index (χ0v) is 19.8. The summed E-state index contributed by atoms with van der Waals surface area (Å²) in [7, 11) is -2.51. The van der Waals surface area contributed by atoms with E-state index < -0.39 is 27.9 Å². The van der Waals surface area contributed by atoms with Crippen molar-refractivity contribution in [2.45, 2.75) is 36.1 Å². The Morgan fingerprint density at radius 3 is 2.55 bits per heavy atom. The van der Waals surface area contributed by atoms with Crippen molar-refractivity contribution in [1.29, 1.82) is 0 Å². The van der Waals surface area contributed by atoms with Crippen molar-refractivity contribution in [3.8, 4) is 5.75 Å². The van der Waals surface area contributed by atoms with Crippen LogP contribution in [0.5, 0.6) is 5.75 Å². The van der Waals surface area contributed by atoms with Crippen molar-refractivity contribution in [3.05, 3.63) is 82.0 Å². The van der Waals surface area contributed by atoms with Gasteiger partial charge in [0.2, 0.25) is 10.0 Å². The minimum Gasteiger partial charge on any atom is -0.497 e. The van der Waals surface area contributed by atoms with E-state index in [0.717, 1.165) is 16.0 Å². The van der Waals surface area contributed by atoms with Crippen molar-refractivity contribution in [2.24, 2.45) is 0 Å². The van der Waals surface area contributed by atoms with Gasteiger partial charge in [0.05, 0.1) is 12.0 Å². The Balaban J connectivity index is 1.75. The van der Waals surface area contributed by atoms with Crippen LogP contribution in [-0.2, 0) is 27.7 Å². The lowest BCUT2D eigenvalue weighted by Crippen LogP contribution is -2.51. The van der Waals surface area contributed by atoms with Gasteiger partial charge in [0, 0.05) is 17.3 Å². The van der Waals surface area contributed by atoms with Gasteiger partial charge in [0.1, 0.15) is 11.8 Å². The van der Waals surface area contributed by atoms with E-state index in [1.807, 2.05) is 41.8 Å². The molecule has 1 amide bonds. The summed E-state index contributed by atoms with van der Waals surface area (Å²) >= 11 is 1.57. The molecule has 174 valence electrons. The average molecular weight is 487 g/mol. The van der Waals surface area contributed by atoms with Crippen LogP contribution in [0.2, 0.25) is 0 Å². The van der Waals surface area contributed by atoms with E-state index in [9.17, 15) is 18.4 Å². The normalized spacial score (nSPS) is 18.8. The number of amides is 1. The third-order valence-corrected chi connectivity index (χ3v) is 8.95. The summed E-state index contributed by atoms with van der Waals surface area (Å²) < 4.78 is 33.8. The molecule has 0 aliphatic carbocycles. The highest BCUT2D eigenvalue weighted by Gasteiger charge is 2.44. The molecule has 1 aromatic heterocycles. The van der Waals surface area contributed by atoms with Gasteiger partial charge in [-0.15, -0.1) is 11.3 Å². The molecule has 2 atom stereocenters. The molecule has 0 spiro atoms. The fraction of sp³-hybridized carbons (Fsp3) is 0.292. The second-order valence-electron chi connectivity index (χ2n) is 7.89. The molecule has 33 heavy (non-hydrogen) atoms. The Labute approximate surface area is 197 Å². The van der Waals surface area contributed by atoms with E-state index in [2.05, 4.69) is 0 Å². The van der Waals surface area contributed by atoms with E-state index in [4.69, 9.17) is 4.74 Å². The number of benzene rings is 2. The number of thiophene rings is 1. The molecule has 1 aliphatic rings. The molecule has 0 saturated heterocycles. The smallest absolute Gasteiger partial charge is 0.262 e. The van der Waals surface area contributed by atoms with Gasteiger partial charge in [-0.3, -0.25) is 10.0 Å². The Morgan fingerprint density at radius 2 is 1.88 bits per heavy atom. The van der Waals surface area contributed by atoms with Crippen molar-refractivity contribution >= 4 is 27.3 Å². The fourth-order valence-corrected chi connectivity index (χ4v) is 6.99. The zero-order chi connectivity index (χ0) is 23.4. The number of hydroxylamine groups is 1. The largest absolute Gasteiger partial charge is 0.497 e. The number of hydrogen-bond acceptors (Lipinski definition) is 6. The van der Waals surface area contributed by atoms with Gasteiger partial charge in [-0.2, -0.15) is 4.31 Å². The number of carbonyl (C=O) groups excluding carboxylic acids is 1. The number of hydrogen-bond donors (Lipinski definition) is 2. The van der Waals surface area contributed by atoms with Gasteiger partial charge in [-0.25, -0.2) is 13.9 Å². The number of sulfonamides is 1. The van der Waals surface area contributed by atoms with Gasteiger partial charge in [-0.1, -0.05) is 30.3 Å².